The van der Waals surface area contributed by atoms with Crippen LogP contribution in [0.15, 0.2) is 48.6 Å². The molecule has 3 atom stereocenters. The summed E-state index contributed by atoms with van der Waals surface area (Å²) in [5.74, 6) is -0.134. The minimum absolute atomic E-state index is 0.0774. The Labute approximate surface area is 569 Å². The number of phosphoric ester groups is 1. The molecule has 0 aromatic rings. The number of likely N-dealkylation sites (N-methyl/N-ethyl adjacent to an activating group) is 1. The molecule has 0 aromatic heterocycles. The van der Waals surface area contributed by atoms with Gasteiger partial charge in [0.05, 0.1) is 39.9 Å². The number of hydrogen-bond acceptors (Lipinski definition) is 5. The first kappa shape index (κ1) is 89.5. The van der Waals surface area contributed by atoms with E-state index in [-0.39, 0.29) is 19.1 Å². The summed E-state index contributed by atoms with van der Waals surface area (Å²) < 4.78 is 24.0. The van der Waals surface area contributed by atoms with E-state index in [2.05, 4.69) is 67.8 Å². The fourth-order valence-electron chi connectivity index (χ4n) is 12.6. The van der Waals surface area contributed by atoms with Crippen molar-refractivity contribution in [3.63, 3.8) is 0 Å². The summed E-state index contributed by atoms with van der Waals surface area (Å²) in [5.41, 5.74) is 0. The fourth-order valence-corrected chi connectivity index (χ4v) is 13.4. The number of phosphoric acid groups is 1. The van der Waals surface area contributed by atoms with Crippen molar-refractivity contribution >= 4 is 13.7 Å². The third kappa shape index (κ3) is 75.7. The molecule has 0 aliphatic rings. The number of quaternary nitrogens is 1. The number of aliphatic hydroxyl groups excluding tert-OH is 1. The molecular formula is C82H160N2O6P+. The van der Waals surface area contributed by atoms with E-state index in [4.69, 9.17) is 9.05 Å². The highest BCUT2D eigenvalue weighted by molar-refractivity contribution is 7.47. The Morgan fingerprint density at radius 2 is 0.659 bits per heavy atom. The van der Waals surface area contributed by atoms with Crippen molar-refractivity contribution in [3.8, 4) is 0 Å². The summed E-state index contributed by atoms with van der Waals surface area (Å²) in [7, 11) is 1.64. The Hall–Kier alpha value is -1.54. The zero-order valence-corrected chi connectivity index (χ0v) is 62.8. The maximum absolute atomic E-state index is 13.1. The molecule has 9 heteroatoms. The molecule has 0 radical (unpaired) electrons. The van der Waals surface area contributed by atoms with Gasteiger partial charge in [-0.05, 0) is 51.4 Å². The largest absolute Gasteiger partial charge is 0.472 e. The van der Waals surface area contributed by atoms with Crippen LogP contribution in [0.3, 0.4) is 0 Å². The van der Waals surface area contributed by atoms with Crippen molar-refractivity contribution < 1.29 is 32.9 Å². The van der Waals surface area contributed by atoms with Crippen molar-refractivity contribution in [2.24, 2.45) is 0 Å². The second-order valence-electron chi connectivity index (χ2n) is 29.1. The first-order chi connectivity index (χ1) is 44.5. The predicted molar refractivity (Wildman–Crippen MR) is 401 cm³/mol. The highest BCUT2D eigenvalue weighted by Crippen LogP contribution is 2.43. The minimum Gasteiger partial charge on any atom is -0.391 e. The summed E-state index contributed by atoms with van der Waals surface area (Å²) >= 11 is 0. The van der Waals surface area contributed by atoms with Crippen molar-refractivity contribution in [2.75, 3.05) is 40.9 Å². The van der Waals surface area contributed by atoms with Crippen LogP contribution in [0.25, 0.3) is 0 Å². The van der Waals surface area contributed by atoms with Gasteiger partial charge in [0.1, 0.15) is 13.2 Å². The molecule has 1 amide bonds. The van der Waals surface area contributed by atoms with Gasteiger partial charge in [0.15, 0.2) is 0 Å². The summed E-state index contributed by atoms with van der Waals surface area (Å²) in [6, 6.07) is -0.761. The number of unbranched alkanes of at least 4 members (excludes halogenated alkanes) is 55. The molecule has 0 fully saturated rings. The van der Waals surface area contributed by atoms with Gasteiger partial charge in [-0.25, -0.2) is 4.57 Å². The van der Waals surface area contributed by atoms with Crippen LogP contribution < -0.4 is 5.32 Å². The van der Waals surface area contributed by atoms with Crippen LogP contribution in [0.4, 0.5) is 0 Å². The van der Waals surface area contributed by atoms with E-state index in [1.165, 1.54) is 327 Å². The van der Waals surface area contributed by atoms with E-state index >= 15 is 0 Å². The van der Waals surface area contributed by atoms with Gasteiger partial charge in [0.2, 0.25) is 5.91 Å². The van der Waals surface area contributed by atoms with Gasteiger partial charge < -0.3 is 19.8 Å². The average molecular weight is 1300 g/mol. The van der Waals surface area contributed by atoms with Crippen molar-refractivity contribution in [2.45, 2.75) is 431 Å². The number of amides is 1. The van der Waals surface area contributed by atoms with Gasteiger partial charge >= 0.3 is 7.82 Å². The average Bonchev–Trinajstić information content (AvgIpc) is 3.58. The summed E-state index contributed by atoms with van der Waals surface area (Å²) in [6.45, 7) is 4.84. The van der Waals surface area contributed by atoms with Gasteiger partial charge in [0.25, 0.3) is 0 Å². The van der Waals surface area contributed by atoms with Crippen LogP contribution in [0, 0.1) is 0 Å². The first-order valence-electron chi connectivity index (χ1n) is 40.5. The smallest absolute Gasteiger partial charge is 0.391 e. The number of nitrogens with zero attached hydrogens (tertiary/aromatic N) is 1. The summed E-state index contributed by atoms with van der Waals surface area (Å²) in [6.07, 6.45) is 99.8. The van der Waals surface area contributed by atoms with Crippen LogP contribution in [0.1, 0.15) is 418 Å². The maximum atomic E-state index is 13.1. The second-order valence-corrected chi connectivity index (χ2v) is 30.6. The molecule has 0 spiro atoms. The summed E-state index contributed by atoms with van der Waals surface area (Å²) in [4.78, 5) is 23.5. The molecule has 8 nitrogen and oxygen atoms in total. The third-order valence-electron chi connectivity index (χ3n) is 18.8. The minimum atomic E-state index is -4.33. The molecule has 538 valence electrons. The fraction of sp³-hybridized carbons (Fsp3) is 0.890. The quantitative estimate of drug-likeness (QED) is 0.0243. The van der Waals surface area contributed by atoms with E-state index in [0.717, 1.165) is 64.2 Å². The highest BCUT2D eigenvalue weighted by Gasteiger charge is 2.28. The SMILES string of the molecule is CC/C=C\C/C=C\C/C=C\C/C=C\CCCCCCCCCCCCCCCCCCCCCCCCCCCCC(=O)NC(COP(=O)(O)OCC[N+](C)(C)C)C(O)CCCCCCCCCCCCCCCCCCCCCCCCCCCCCCCC. The molecule has 3 unspecified atom stereocenters. The molecule has 0 saturated carbocycles. The zero-order chi connectivity index (χ0) is 66.2. The molecule has 0 aromatic carbocycles. The van der Waals surface area contributed by atoms with E-state index in [9.17, 15) is 19.4 Å². The van der Waals surface area contributed by atoms with E-state index in [1.54, 1.807) is 0 Å². The van der Waals surface area contributed by atoms with Crippen molar-refractivity contribution in [1.82, 2.24) is 5.32 Å². The molecule has 0 aliphatic heterocycles. The molecule has 91 heavy (non-hydrogen) atoms. The monoisotopic (exact) mass is 1300 g/mol. The number of aliphatic hydroxyl groups is 1. The molecule has 0 aliphatic carbocycles. The van der Waals surface area contributed by atoms with E-state index in [0.29, 0.717) is 23.9 Å². The Balaban J connectivity index is 3.89. The first-order valence-corrected chi connectivity index (χ1v) is 42.0. The number of carbonyl (C=O) groups excluding carboxylic acids is 1. The number of hydrogen-bond donors (Lipinski definition) is 3. The van der Waals surface area contributed by atoms with Crippen LogP contribution in [0.5, 0.6) is 0 Å². The lowest BCUT2D eigenvalue weighted by Gasteiger charge is -2.26. The lowest BCUT2D eigenvalue weighted by Crippen LogP contribution is -2.46. The topological polar surface area (TPSA) is 105 Å². The standard InChI is InChI=1S/C82H159N2O6P/c1-6-8-10-12-14-16-18-20-22-24-26-28-30-32-34-36-38-39-40-41-42-43-44-45-46-48-50-52-54-56-58-60-62-64-66-68-70-72-74-76-82(86)83-80(79-90-91(87,88)89-78-77-84(3,4)5)81(85)75-73-71-69-67-65-63-61-59-57-55-53-51-49-47-37-35-33-31-29-27-25-23-21-19-17-15-13-11-9-7-2/h8,10,14,16,20,22,26,28,80-81,85H,6-7,9,11-13,15,17-19,21,23-25,27,29-79H2,1-5H3,(H-,83,86,87,88)/p+1/b10-8-,16-14-,22-20-,28-26-. The van der Waals surface area contributed by atoms with Crippen LogP contribution in [-0.4, -0.2) is 73.4 Å². The van der Waals surface area contributed by atoms with Crippen molar-refractivity contribution in [3.05, 3.63) is 48.6 Å². The Morgan fingerprint density at radius 3 is 0.967 bits per heavy atom. The van der Waals surface area contributed by atoms with Gasteiger partial charge in [-0.3, -0.25) is 13.8 Å². The number of nitrogens with one attached hydrogen (secondary N) is 1. The van der Waals surface area contributed by atoms with E-state index < -0.39 is 20.0 Å². The Kier molecular flexibility index (Phi) is 71.5. The second kappa shape index (κ2) is 72.7. The molecule has 0 rings (SSSR count). The molecular weight excluding hydrogens is 1140 g/mol. The normalized spacial score (nSPS) is 13.7. The van der Waals surface area contributed by atoms with Crippen molar-refractivity contribution in [1.29, 1.82) is 0 Å². The number of allylic oxidation sites excluding steroid dienone is 8. The van der Waals surface area contributed by atoms with Crippen LogP contribution >= 0.6 is 7.82 Å². The van der Waals surface area contributed by atoms with Crippen LogP contribution in [-0.2, 0) is 18.4 Å². The van der Waals surface area contributed by atoms with Gasteiger partial charge in [-0.2, -0.15) is 0 Å². The lowest BCUT2D eigenvalue weighted by molar-refractivity contribution is -0.870. The molecule has 0 saturated heterocycles. The third-order valence-corrected chi connectivity index (χ3v) is 19.8. The van der Waals surface area contributed by atoms with Crippen LogP contribution in [0.2, 0.25) is 0 Å². The van der Waals surface area contributed by atoms with Gasteiger partial charge in [-0.15, -0.1) is 0 Å². The number of rotatable bonds is 76. The predicted octanol–water partition coefficient (Wildman–Crippen LogP) is 26.5. The molecule has 0 heterocycles. The lowest BCUT2D eigenvalue weighted by atomic mass is 10.0. The van der Waals surface area contributed by atoms with Gasteiger partial charge in [-0.1, -0.05) is 409 Å². The maximum Gasteiger partial charge on any atom is 0.472 e. The Bertz CT molecular complexity index is 1630. The zero-order valence-electron chi connectivity index (χ0n) is 61.9. The van der Waals surface area contributed by atoms with Gasteiger partial charge in [0, 0.05) is 6.42 Å². The molecule has 0 bridgehead atoms. The molecule has 3 N–H and O–H groups in total. The van der Waals surface area contributed by atoms with E-state index in [1.807, 2.05) is 21.1 Å². The summed E-state index contributed by atoms with van der Waals surface area (Å²) in [5, 5.41) is 14.2. The number of carbonyl (C=O) groups is 1. The Morgan fingerprint density at radius 1 is 0.385 bits per heavy atom. The highest BCUT2D eigenvalue weighted by atomic mass is 31.2.